The Morgan fingerprint density at radius 2 is 1.82 bits per heavy atom. The average Bonchev–Trinajstić information content (AvgIpc) is 2.80. The van der Waals surface area contributed by atoms with Crippen molar-refractivity contribution < 1.29 is 9.52 Å². The molecule has 0 aliphatic rings. The number of aryl methyl sites for hydroxylation is 1. The van der Waals surface area contributed by atoms with Crippen molar-refractivity contribution >= 4 is 0 Å². The van der Waals surface area contributed by atoms with Gasteiger partial charge in [-0.15, -0.1) is 0 Å². The van der Waals surface area contributed by atoms with Crippen LogP contribution in [-0.2, 0) is 0 Å². The molecular weight excluding hydrogens is 212 g/mol. The molecule has 1 N–H and O–H groups in total. The van der Waals surface area contributed by atoms with Gasteiger partial charge in [-0.3, -0.25) is 0 Å². The summed E-state index contributed by atoms with van der Waals surface area (Å²) in [6.45, 7) is 6.35. The van der Waals surface area contributed by atoms with Gasteiger partial charge in [0.2, 0.25) is 0 Å². The fourth-order valence-corrected chi connectivity index (χ4v) is 1.95. The second-order valence-corrected chi connectivity index (χ2v) is 4.75. The lowest BCUT2D eigenvalue weighted by molar-refractivity contribution is 0.189. The maximum Gasteiger partial charge on any atom is 0.137 e. The lowest BCUT2D eigenvalue weighted by Crippen LogP contribution is -2.00. The maximum absolute atomic E-state index is 10.2. The summed E-state index contributed by atoms with van der Waals surface area (Å²) in [5.74, 6) is 1.04. The quantitative estimate of drug-likeness (QED) is 0.870. The minimum absolute atomic E-state index is 0.456. The molecular formula is C15H18O2. The first kappa shape index (κ1) is 11.9. The van der Waals surface area contributed by atoms with Gasteiger partial charge in [0.25, 0.3) is 0 Å². The van der Waals surface area contributed by atoms with E-state index in [1.54, 1.807) is 18.4 Å². The van der Waals surface area contributed by atoms with Gasteiger partial charge in [-0.2, -0.15) is 0 Å². The van der Waals surface area contributed by atoms with Gasteiger partial charge in [0, 0.05) is 0 Å². The van der Waals surface area contributed by atoms with E-state index in [9.17, 15) is 5.11 Å². The van der Waals surface area contributed by atoms with Crippen LogP contribution < -0.4 is 0 Å². The van der Waals surface area contributed by atoms with E-state index in [2.05, 4.69) is 19.9 Å². The fraction of sp³-hybridized carbons (Fsp3) is 0.333. The normalized spacial score (nSPS) is 13.0. The van der Waals surface area contributed by atoms with E-state index < -0.39 is 6.10 Å². The number of aliphatic hydroxyl groups excluding tert-OH is 1. The van der Waals surface area contributed by atoms with E-state index >= 15 is 0 Å². The molecule has 0 spiro atoms. The van der Waals surface area contributed by atoms with Gasteiger partial charge in [-0.25, -0.2) is 0 Å². The van der Waals surface area contributed by atoms with Crippen molar-refractivity contribution in [1.82, 2.24) is 0 Å². The lowest BCUT2D eigenvalue weighted by atomic mass is 9.95. The topological polar surface area (TPSA) is 33.4 Å². The van der Waals surface area contributed by atoms with Crippen molar-refractivity contribution in [2.45, 2.75) is 32.8 Å². The smallest absolute Gasteiger partial charge is 0.137 e. The summed E-state index contributed by atoms with van der Waals surface area (Å²) in [4.78, 5) is 0. The summed E-state index contributed by atoms with van der Waals surface area (Å²) in [6.07, 6.45) is 0.903. The van der Waals surface area contributed by atoms with Gasteiger partial charge in [-0.1, -0.05) is 37.6 Å². The Morgan fingerprint density at radius 3 is 2.41 bits per heavy atom. The highest BCUT2D eigenvalue weighted by Crippen LogP contribution is 2.26. The van der Waals surface area contributed by atoms with Gasteiger partial charge in [-0.05, 0) is 36.1 Å². The molecule has 0 aliphatic carbocycles. The van der Waals surface area contributed by atoms with Gasteiger partial charge >= 0.3 is 0 Å². The molecule has 2 heteroatoms. The van der Waals surface area contributed by atoms with E-state index in [-0.39, 0.29) is 0 Å². The van der Waals surface area contributed by atoms with Crippen LogP contribution in [0.15, 0.2) is 41.0 Å². The summed E-state index contributed by atoms with van der Waals surface area (Å²) in [5.41, 5.74) is 3.30. The Balaban J connectivity index is 2.38. The van der Waals surface area contributed by atoms with Gasteiger partial charge in [0.1, 0.15) is 11.9 Å². The number of hydrogen-bond donors (Lipinski definition) is 1. The zero-order valence-electron chi connectivity index (χ0n) is 10.5. The molecule has 2 aromatic rings. The monoisotopic (exact) mass is 230 g/mol. The predicted molar refractivity (Wildman–Crippen MR) is 68.0 cm³/mol. The third-order valence-electron chi connectivity index (χ3n) is 2.92. The Morgan fingerprint density at radius 1 is 1.12 bits per heavy atom. The van der Waals surface area contributed by atoms with E-state index in [1.165, 1.54) is 5.56 Å². The van der Waals surface area contributed by atoms with E-state index in [4.69, 9.17) is 4.42 Å². The molecule has 0 saturated carbocycles. The van der Waals surface area contributed by atoms with Crippen molar-refractivity contribution in [2.24, 2.45) is 0 Å². The van der Waals surface area contributed by atoms with E-state index in [0.717, 1.165) is 11.1 Å². The molecule has 0 aliphatic heterocycles. The van der Waals surface area contributed by atoms with Crippen LogP contribution in [0.3, 0.4) is 0 Å². The molecule has 2 rings (SSSR count). The molecule has 0 radical (unpaired) electrons. The molecule has 1 atom stereocenters. The van der Waals surface area contributed by atoms with Crippen molar-refractivity contribution in [1.29, 1.82) is 0 Å². The summed E-state index contributed by atoms with van der Waals surface area (Å²) < 4.78 is 5.24. The third kappa shape index (κ3) is 2.59. The summed E-state index contributed by atoms with van der Waals surface area (Å²) in [6, 6.07) is 9.78. The minimum Gasteiger partial charge on any atom is -0.466 e. The molecule has 0 fully saturated rings. The number of furan rings is 1. The zero-order chi connectivity index (χ0) is 12.4. The molecule has 1 heterocycles. The highest BCUT2D eigenvalue weighted by atomic mass is 16.4. The second kappa shape index (κ2) is 4.76. The summed E-state index contributed by atoms with van der Waals surface area (Å²) >= 11 is 0. The van der Waals surface area contributed by atoms with Crippen LogP contribution in [0.2, 0.25) is 0 Å². The molecule has 0 amide bonds. The van der Waals surface area contributed by atoms with Crippen LogP contribution in [0.25, 0.3) is 0 Å². The number of hydrogen-bond acceptors (Lipinski definition) is 2. The molecule has 2 nitrogen and oxygen atoms in total. The van der Waals surface area contributed by atoms with Crippen LogP contribution in [0.4, 0.5) is 0 Å². The van der Waals surface area contributed by atoms with Crippen LogP contribution in [0.5, 0.6) is 0 Å². The second-order valence-electron chi connectivity index (χ2n) is 4.75. The van der Waals surface area contributed by atoms with Crippen LogP contribution in [0.1, 0.15) is 48.3 Å². The highest BCUT2D eigenvalue weighted by molar-refractivity contribution is 5.35. The van der Waals surface area contributed by atoms with Gasteiger partial charge < -0.3 is 9.52 Å². The number of rotatable bonds is 3. The SMILES string of the molecule is Cc1cc(C(C)C)cc(C(O)c2ccco2)c1. The van der Waals surface area contributed by atoms with Crippen LogP contribution >= 0.6 is 0 Å². The van der Waals surface area contributed by atoms with Crippen LogP contribution in [0, 0.1) is 6.92 Å². The number of aliphatic hydroxyl groups is 1. The Kier molecular flexibility index (Phi) is 3.34. The van der Waals surface area contributed by atoms with Gasteiger partial charge in [0.05, 0.1) is 6.26 Å². The van der Waals surface area contributed by atoms with Crippen molar-refractivity contribution in [3.8, 4) is 0 Å². The minimum atomic E-state index is -0.678. The van der Waals surface area contributed by atoms with Crippen LogP contribution in [-0.4, -0.2) is 5.11 Å². The van der Waals surface area contributed by atoms with E-state index in [1.807, 2.05) is 19.1 Å². The third-order valence-corrected chi connectivity index (χ3v) is 2.92. The van der Waals surface area contributed by atoms with Crippen molar-refractivity contribution in [3.63, 3.8) is 0 Å². The van der Waals surface area contributed by atoms with Crippen molar-refractivity contribution in [2.75, 3.05) is 0 Å². The largest absolute Gasteiger partial charge is 0.466 e. The molecule has 1 aromatic carbocycles. The lowest BCUT2D eigenvalue weighted by Gasteiger charge is -2.13. The average molecular weight is 230 g/mol. The highest BCUT2D eigenvalue weighted by Gasteiger charge is 2.14. The molecule has 17 heavy (non-hydrogen) atoms. The molecule has 0 bridgehead atoms. The van der Waals surface area contributed by atoms with E-state index in [0.29, 0.717) is 11.7 Å². The Hall–Kier alpha value is -1.54. The zero-order valence-corrected chi connectivity index (χ0v) is 10.5. The van der Waals surface area contributed by atoms with Gasteiger partial charge in [0.15, 0.2) is 0 Å². The predicted octanol–water partition coefficient (Wildman–Crippen LogP) is 3.79. The molecule has 1 unspecified atom stereocenters. The first-order valence-electron chi connectivity index (χ1n) is 5.91. The van der Waals surface area contributed by atoms with Crippen molar-refractivity contribution in [3.05, 3.63) is 59.0 Å². The molecule has 90 valence electrons. The maximum atomic E-state index is 10.2. The number of benzene rings is 1. The molecule has 1 aromatic heterocycles. The standard InChI is InChI=1S/C15H18O2/c1-10(2)12-7-11(3)8-13(9-12)15(16)14-5-4-6-17-14/h4-10,15-16H,1-3H3. The first-order valence-corrected chi connectivity index (χ1v) is 5.91. The molecule has 0 saturated heterocycles. The Bertz CT molecular complexity index is 484. The first-order chi connectivity index (χ1) is 8.08. The Labute approximate surface area is 102 Å². The fourth-order valence-electron chi connectivity index (χ4n) is 1.95. The summed E-state index contributed by atoms with van der Waals surface area (Å²) in [7, 11) is 0. The summed E-state index contributed by atoms with van der Waals surface area (Å²) in [5, 5.41) is 10.2.